The van der Waals surface area contributed by atoms with Gasteiger partial charge in [-0.1, -0.05) is 18.2 Å². The minimum atomic E-state index is -3.93. The maximum absolute atomic E-state index is 12.1. The lowest BCUT2D eigenvalue weighted by molar-refractivity contribution is 0.0698. The number of rotatable bonds is 4. The molecule has 0 fully saturated rings. The number of primary sulfonamides is 1. The molecule has 0 bridgehead atoms. The lowest BCUT2D eigenvalue weighted by Gasteiger charge is -2.09. The topological polar surface area (TPSA) is 127 Å². The molecule has 2 aromatic rings. The molecule has 0 saturated heterocycles. The van der Waals surface area contributed by atoms with Crippen LogP contribution < -0.4 is 10.5 Å². The van der Waals surface area contributed by atoms with Gasteiger partial charge in [-0.15, -0.1) is 0 Å². The highest BCUT2D eigenvalue weighted by atomic mass is 32.2. The molecule has 2 aromatic carbocycles. The minimum Gasteiger partial charge on any atom is -0.478 e. The maximum atomic E-state index is 12.1. The molecule has 114 valence electrons. The number of sulfonamides is 1. The van der Waals surface area contributed by atoms with E-state index in [-0.39, 0.29) is 21.7 Å². The van der Waals surface area contributed by atoms with Gasteiger partial charge in [0.05, 0.1) is 16.1 Å². The number of hydrogen-bond donors (Lipinski definition) is 3. The summed E-state index contributed by atoms with van der Waals surface area (Å²) in [7, 11) is -3.93. The summed E-state index contributed by atoms with van der Waals surface area (Å²) in [6.07, 6.45) is 0. The van der Waals surface area contributed by atoms with Gasteiger partial charge in [0.2, 0.25) is 10.0 Å². The molecule has 0 heterocycles. The van der Waals surface area contributed by atoms with Gasteiger partial charge in [0, 0.05) is 5.56 Å². The van der Waals surface area contributed by atoms with Crippen molar-refractivity contribution < 1.29 is 23.1 Å². The third kappa shape index (κ3) is 3.48. The number of carbonyl (C=O) groups excluding carboxylic acids is 1. The molecular formula is C14H12N2O5S. The van der Waals surface area contributed by atoms with Crippen molar-refractivity contribution in [2.75, 3.05) is 5.32 Å². The first-order chi connectivity index (χ1) is 10.3. The first kappa shape index (κ1) is 15.7. The van der Waals surface area contributed by atoms with Crippen molar-refractivity contribution in [2.24, 2.45) is 5.14 Å². The van der Waals surface area contributed by atoms with E-state index >= 15 is 0 Å². The highest BCUT2D eigenvalue weighted by molar-refractivity contribution is 7.89. The van der Waals surface area contributed by atoms with E-state index in [1.807, 2.05) is 0 Å². The lowest BCUT2D eigenvalue weighted by atomic mass is 10.1. The second kappa shape index (κ2) is 5.96. The fraction of sp³-hybridized carbons (Fsp3) is 0. The summed E-state index contributed by atoms with van der Waals surface area (Å²) in [5.74, 6) is -1.83. The molecule has 0 aromatic heterocycles. The maximum Gasteiger partial charge on any atom is 0.337 e. The van der Waals surface area contributed by atoms with Gasteiger partial charge in [-0.25, -0.2) is 18.4 Å². The fourth-order valence-electron chi connectivity index (χ4n) is 1.79. The molecule has 2 rings (SSSR count). The number of anilines is 1. The highest BCUT2D eigenvalue weighted by Crippen LogP contribution is 2.17. The van der Waals surface area contributed by atoms with Crippen LogP contribution in [-0.4, -0.2) is 25.4 Å². The molecule has 0 aliphatic carbocycles. The van der Waals surface area contributed by atoms with Crippen LogP contribution in [0.1, 0.15) is 20.7 Å². The molecule has 1 amide bonds. The van der Waals surface area contributed by atoms with Crippen LogP contribution in [0.15, 0.2) is 53.4 Å². The van der Waals surface area contributed by atoms with Crippen molar-refractivity contribution in [1.29, 1.82) is 0 Å². The molecule has 4 N–H and O–H groups in total. The van der Waals surface area contributed by atoms with Gasteiger partial charge >= 0.3 is 5.97 Å². The van der Waals surface area contributed by atoms with Gasteiger partial charge in [-0.3, -0.25) is 4.79 Å². The Hall–Kier alpha value is -2.71. The van der Waals surface area contributed by atoms with Crippen molar-refractivity contribution in [3.8, 4) is 0 Å². The first-order valence-electron chi connectivity index (χ1n) is 6.05. The molecule has 0 aliphatic heterocycles. The van der Waals surface area contributed by atoms with E-state index in [0.29, 0.717) is 0 Å². The number of para-hydroxylation sites is 1. The van der Waals surface area contributed by atoms with E-state index in [1.54, 1.807) is 6.07 Å². The predicted octanol–water partition coefficient (Wildman–Crippen LogP) is 1.28. The zero-order valence-corrected chi connectivity index (χ0v) is 12.0. The third-order valence-electron chi connectivity index (χ3n) is 2.83. The molecule has 0 radical (unpaired) electrons. The number of carbonyl (C=O) groups is 2. The number of aromatic carboxylic acids is 1. The smallest absolute Gasteiger partial charge is 0.337 e. The summed E-state index contributed by atoms with van der Waals surface area (Å²) < 4.78 is 22.6. The van der Waals surface area contributed by atoms with E-state index in [9.17, 15) is 18.0 Å². The van der Waals surface area contributed by atoms with Gasteiger partial charge in [0.1, 0.15) is 0 Å². The molecule has 8 heteroatoms. The van der Waals surface area contributed by atoms with E-state index < -0.39 is 21.9 Å². The summed E-state index contributed by atoms with van der Waals surface area (Å²) in [5.41, 5.74) is 0.0891. The number of benzene rings is 2. The number of carboxylic acids is 1. The largest absolute Gasteiger partial charge is 0.478 e. The quantitative estimate of drug-likeness (QED) is 0.782. The van der Waals surface area contributed by atoms with Crippen LogP contribution in [0.3, 0.4) is 0 Å². The summed E-state index contributed by atoms with van der Waals surface area (Å²) in [5, 5.41) is 16.5. The number of carboxylic acid groups (broad SMARTS) is 1. The van der Waals surface area contributed by atoms with Crippen molar-refractivity contribution in [1.82, 2.24) is 0 Å². The summed E-state index contributed by atoms with van der Waals surface area (Å²) in [6.45, 7) is 0. The summed E-state index contributed by atoms with van der Waals surface area (Å²) in [4.78, 5) is 23.0. The van der Waals surface area contributed by atoms with Crippen molar-refractivity contribution in [3.63, 3.8) is 0 Å². The normalized spacial score (nSPS) is 11.0. The average molecular weight is 320 g/mol. The Kier molecular flexibility index (Phi) is 4.25. The van der Waals surface area contributed by atoms with E-state index in [2.05, 4.69) is 5.32 Å². The van der Waals surface area contributed by atoms with Gasteiger partial charge in [-0.05, 0) is 30.3 Å². The van der Waals surface area contributed by atoms with Gasteiger partial charge < -0.3 is 10.4 Å². The van der Waals surface area contributed by atoms with Crippen molar-refractivity contribution in [2.45, 2.75) is 4.90 Å². The van der Waals surface area contributed by atoms with Gasteiger partial charge in [-0.2, -0.15) is 0 Å². The van der Waals surface area contributed by atoms with Crippen LogP contribution in [0, 0.1) is 0 Å². The standard InChI is InChI=1S/C14H12N2O5S/c15-22(20,21)10-5-3-4-9(8-10)13(17)16-12-7-2-1-6-11(12)14(18)19/h1-8H,(H,16,17)(H,18,19)(H2,15,20,21). The van der Waals surface area contributed by atoms with Crippen LogP contribution in [0.4, 0.5) is 5.69 Å². The average Bonchev–Trinajstić information content (AvgIpc) is 2.47. The van der Waals surface area contributed by atoms with Crippen molar-refractivity contribution >= 4 is 27.6 Å². The molecular weight excluding hydrogens is 308 g/mol. The Balaban J connectivity index is 2.33. The monoisotopic (exact) mass is 320 g/mol. The zero-order chi connectivity index (χ0) is 16.3. The number of nitrogens with one attached hydrogen (secondary N) is 1. The van der Waals surface area contributed by atoms with Crippen LogP contribution in [-0.2, 0) is 10.0 Å². The van der Waals surface area contributed by atoms with Crippen LogP contribution in [0.2, 0.25) is 0 Å². The number of amides is 1. The van der Waals surface area contributed by atoms with E-state index in [1.165, 1.54) is 36.4 Å². The molecule has 0 aliphatic rings. The Morgan fingerprint density at radius 1 is 1.05 bits per heavy atom. The zero-order valence-electron chi connectivity index (χ0n) is 11.2. The lowest BCUT2D eigenvalue weighted by Crippen LogP contribution is -2.17. The second-order valence-electron chi connectivity index (χ2n) is 4.38. The molecule has 0 atom stereocenters. The molecule has 22 heavy (non-hydrogen) atoms. The fourth-order valence-corrected chi connectivity index (χ4v) is 2.35. The SMILES string of the molecule is NS(=O)(=O)c1cccc(C(=O)Nc2ccccc2C(=O)O)c1. The Morgan fingerprint density at radius 2 is 1.73 bits per heavy atom. The van der Waals surface area contributed by atoms with E-state index in [0.717, 1.165) is 6.07 Å². The molecule has 7 nitrogen and oxygen atoms in total. The molecule has 0 saturated carbocycles. The Labute approximate surface area is 126 Å². The summed E-state index contributed by atoms with van der Waals surface area (Å²) in [6, 6.07) is 11.0. The Morgan fingerprint density at radius 3 is 2.36 bits per heavy atom. The second-order valence-corrected chi connectivity index (χ2v) is 5.94. The van der Waals surface area contributed by atoms with Gasteiger partial charge in [0.15, 0.2) is 0 Å². The highest BCUT2D eigenvalue weighted by Gasteiger charge is 2.15. The predicted molar refractivity (Wildman–Crippen MR) is 79.2 cm³/mol. The first-order valence-corrected chi connectivity index (χ1v) is 7.60. The van der Waals surface area contributed by atoms with Crippen LogP contribution >= 0.6 is 0 Å². The van der Waals surface area contributed by atoms with Crippen molar-refractivity contribution in [3.05, 3.63) is 59.7 Å². The minimum absolute atomic E-state index is 0.0479. The third-order valence-corrected chi connectivity index (χ3v) is 3.74. The number of hydrogen-bond acceptors (Lipinski definition) is 4. The summed E-state index contributed by atoms with van der Waals surface area (Å²) >= 11 is 0. The van der Waals surface area contributed by atoms with Gasteiger partial charge in [0.25, 0.3) is 5.91 Å². The van der Waals surface area contributed by atoms with Crippen LogP contribution in [0.5, 0.6) is 0 Å². The van der Waals surface area contributed by atoms with Crippen LogP contribution in [0.25, 0.3) is 0 Å². The number of nitrogens with two attached hydrogens (primary N) is 1. The molecule has 0 unspecified atom stereocenters. The Bertz CT molecular complexity index is 846. The molecule has 0 spiro atoms. The van der Waals surface area contributed by atoms with E-state index in [4.69, 9.17) is 10.2 Å².